The number of aromatic nitrogens is 2. The van der Waals surface area contributed by atoms with Crippen molar-refractivity contribution in [2.24, 2.45) is 5.92 Å². The number of hydrogen-bond acceptors (Lipinski definition) is 7. The third-order valence-corrected chi connectivity index (χ3v) is 7.27. The van der Waals surface area contributed by atoms with Gasteiger partial charge in [0.25, 0.3) is 0 Å². The van der Waals surface area contributed by atoms with Crippen LogP contribution in [0.3, 0.4) is 0 Å². The van der Waals surface area contributed by atoms with Crippen LogP contribution in [0.4, 0.5) is 11.5 Å². The van der Waals surface area contributed by atoms with Gasteiger partial charge in [0.05, 0.1) is 19.3 Å². The highest BCUT2D eigenvalue weighted by Gasteiger charge is 2.28. The molecule has 1 amide bonds. The molecule has 2 aromatic heterocycles. The summed E-state index contributed by atoms with van der Waals surface area (Å²) in [6.45, 7) is 3.69. The lowest BCUT2D eigenvalue weighted by molar-refractivity contribution is -0.134. The minimum Gasteiger partial charge on any atom is -0.466 e. The Morgan fingerprint density at radius 1 is 1.08 bits per heavy atom. The molecular weight excluding hydrogens is 492 g/mol. The Morgan fingerprint density at radius 2 is 1.90 bits per heavy atom. The smallest absolute Gasteiger partial charge is 0.330 e. The van der Waals surface area contributed by atoms with Crippen molar-refractivity contribution in [2.75, 3.05) is 43.2 Å². The topological polar surface area (TPSA) is 84.9 Å². The van der Waals surface area contributed by atoms with Crippen LogP contribution in [0.15, 0.2) is 67.0 Å². The summed E-state index contributed by atoms with van der Waals surface area (Å²) in [6, 6.07) is 16.2. The van der Waals surface area contributed by atoms with Crippen molar-refractivity contribution < 1.29 is 19.1 Å². The summed E-state index contributed by atoms with van der Waals surface area (Å²) in [5.74, 6) is -0.0285. The van der Waals surface area contributed by atoms with E-state index in [-0.39, 0.29) is 11.8 Å². The number of carbonyl (C=O) groups is 2. The van der Waals surface area contributed by atoms with Gasteiger partial charge in [0.2, 0.25) is 5.91 Å². The summed E-state index contributed by atoms with van der Waals surface area (Å²) in [5, 5.41) is 0. The number of nitrogens with zero attached hydrogens (tertiary/aromatic N) is 4. The lowest BCUT2D eigenvalue weighted by Gasteiger charge is -2.29. The second-order valence-corrected chi connectivity index (χ2v) is 9.91. The summed E-state index contributed by atoms with van der Waals surface area (Å²) in [6.07, 6.45) is 10.3. The van der Waals surface area contributed by atoms with Crippen molar-refractivity contribution in [1.82, 2.24) is 9.97 Å². The number of ether oxygens (including phenoxy) is 2. The van der Waals surface area contributed by atoms with Gasteiger partial charge in [-0.15, -0.1) is 0 Å². The molecule has 8 heteroatoms. The van der Waals surface area contributed by atoms with Gasteiger partial charge in [-0.1, -0.05) is 18.2 Å². The van der Waals surface area contributed by atoms with E-state index in [1.54, 1.807) is 23.2 Å². The molecule has 0 bridgehead atoms. The molecular formula is C31H34N4O4. The van der Waals surface area contributed by atoms with Gasteiger partial charge >= 0.3 is 5.97 Å². The van der Waals surface area contributed by atoms with E-state index in [1.165, 1.54) is 31.7 Å². The normalized spacial score (nSPS) is 16.0. The number of esters is 1. The van der Waals surface area contributed by atoms with Crippen molar-refractivity contribution in [1.29, 1.82) is 0 Å². The predicted molar refractivity (Wildman–Crippen MR) is 151 cm³/mol. The second-order valence-electron chi connectivity index (χ2n) is 9.91. The number of pyridine rings is 2. The molecule has 2 aliphatic heterocycles. The van der Waals surface area contributed by atoms with Crippen LogP contribution in [-0.2, 0) is 25.6 Å². The Hall–Kier alpha value is -4.04. The molecule has 8 nitrogen and oxygen atoms in total. The molecule has 0 saturated carbocycles. The highest BCUT2D eigenvalue weighted by molar-refractivity contribution is 5.94. The van der Waals surface area contributed by atoms with E-state index in [2.05, 4.69) is 34.1 Å². The molecule has 2 fully saturated rings. The first-order valence-corrected chi connectivity index (χ1v) is 13.5. The Bertz CT molecular complexity index is 1310. The average molecular weight is 527 g/mol. The number of carbonyl (C=O) groups excluding carboxylic acids is 2. The molecule has 0 spiro atoms. The van der Waals surface area contributed by atoms with Gasteiger partial charge in [-0.3, -0.25) is 14.7 Å². The van der Waals surface area contributed by atoms with Crippen molar-refractivity contribution >= 4 is 29.5 Å². The van der Waals surface area contributed by atoms with Crippen LogP contribution in [0, 0.1) is 5.92 Å². The molecule has 0 N–H and O–H groups in total. The van der Waals surface area contributed by atoms with Crippen molar-refractivity contribution in [3.63, 3.8) is 0 Å². The monoisotopic (exact) mass is 526 g/mol. The lowest BCUT2D eigenvalue weighted by atomic mass is 9.98. The van der Waals surface area contributed by atoms with Crippen LogP contribution in [0.2, 0.25) is 0 Å². The molecule has 5 rings (SSSR count). The zero-order valence-corrected chi connectivity index (χ0v) is 22.3. The molecule has 4 heterocycles. The number of hydrogen-bond donors (Lipinski definition) is 0. The predicted octanol–water partition coefficient (Wildman–Crippen LogP) is 4.89. The number of benzene rings is 1. The van der Waals surface area contributed by atoms with E-state index in [0.717, 1.165) is 35.5 Å². The lowest BCUT2D eigenvalue weighted by Crippen LogP contribution is -2.38. The van der Waals surface area contributed by atoms with E-state index < -0.39 is 5.97 Å². The zero-order chi connectivity index (χ0) is 27.0. The van der Waals surface area contributed by atoms with Crippen LogP contribution in [0.1, 0.15) is 36.8 Å². The maximum absolute atomic E-state index is 13.7. The summed E-state index contributed by atoms with van der Waals surface area (Å²) in [4.78, 5) is 38.7. The van der Waals surface area contributed by atoms with Crippen molar-refractivity contribution in [2.45, 2.75) is 32.2 Å². The molecule has 2 aliphatic rings. The van der Waals surface area contributed by atoms with E-state index in [1.807, 2.05) is 24.4 Å². The first-order valence-electron chi connectivity index (χ1n) is 13.5. The van der Waals surface area contributed by atoms with Gasteiger partial charge in [0, 0.05) is 61.9 Å². The van der Waals surface area contributed by atoms with Crippen LogP contribution < -0.4 is 9.80 Å². The SMILES string of the molecule is COC(=O)/C=C/c1ccnc(N(Cc2ccc(-c3cccc(N4CCCC4)c3)nc2)C(=O)C2CCOCC2)c1. The van der Waals surface area contributed by atoms with Crippen molar-refractivity contribution in [3.8, 4) is 11.3 Å². The van der Waals surface area contributed by atoms with Gasteiger partial charge in [-0.25, -0.2) is 9.78 Å². The first-order chi connectivity index (χ1) is 19.1. The average Bonchev–Trinajstić information content (AvgIpc) is 3.55. The van der Waals surface area contributed by atoms with Gasteiger partial charge in [0.15, 0.2) is 0 Å². The van der Waals surface area contributed by atoms with Gasteiger partial charge in [-0.2, -0.15) is 0 Å². The maximum atomic E-state index is 13.7. The largest absolute Gasteiger partial charge is 0.466 e. The minimum absolute atomic E-state index is 0.0160. The Labute approximate surface area is 229 Å². The quantitative estimate of drug-likeness (QED) is 0.305. The molecule has 0 atom stereocenters. The van der Waals surface area contributed by atoms with Crippen LogP contribution in [-0.4, -0.2) is 55.3 Å². The summed E-state index contributed by atoms with van der Waals surface area (Å²) >= 11 is 0. The van der Waals surface area contributed by atoms with Crippen LogP contribution in [0.25, 0.3) is 17.3 Å². The highest BCUT2D eigenvalue weighted by atomic mass is 16.5. The molecule has 0 aliphatic carbocycles. The number of methoxy groups -OCH3 is 1. The zero-order valence-electron chi connectivity index (χ0n) is 22.3. The Morgan fingerprint density at radius 3 is 2.64 bits per heavy atom. The fourth-order valence-electron chi connectivity index (χ4n) is 5.06. The summed E-state index contributed by atoms with van der Waals surface area (Å²) in [5.41, 5.74) is 4.87. The number of rotatable bonds is 8. The molecule has 39 heavy (non-hydrogen) atoms. The highest BCUT2D eigenvalue weighted by Crippen LogP contribution is 2.27. The molecule has 0 unspecified atom stereocenters. The summed E-state index contributed by atoms with van der Waals surface area (Å²) < 4.78 is 10.2. The van der Waals surface area contributed by atoms with Gasteiger partial charge in [-0.05, 0) is 73.2 Å². The molecule has 3 aromatic rings. The van der Waals surface area contributed by atoms with Crippen LogP contribution >= 0.6 is 0 Å². The fourth-order valence-corrected chi connectivity index (χ4v) is 5.06. The standard InChI is InChI=1S/C31H34N4O4/c1-38-30(36)10-8-23-11-14-32-29(19-23)35(31(37)25-12-17-39-18-13-25)22-24-7-9-28(33-21-24)26-5-4-6-27(20-26)34-15-2-3-16-34/h4-11,14,19-21,25H,2-3,12-13,15-18,22H2,1H3/b10-8+. The Balaban J connectivity index is 1.38. The first kappa shape index (κ1) is 26.6. The molecule has 1 aromatic carbocycles. The van der Waals surface area contributed by atoms with E-state index in [9.17, 15) is 9.59 Å². The molecule has 202 valence electrons. The van der Waals surface area contributed by atoms with E-state index in [4.69, 9.17) is 14.5 Å². The second kappa shape index (κ2) is 12.7. The third-order valence-electron chi connectivity index (χ3n) is 7.27. The van der Waals surface area contributed by atoms with Crippen molar-refractivity contribution in [3.05, 3.63) is 78.1 Å². The summed E-state index contributed by atoms with van der Waals surface area (Å²) in [7, 11) is 1.34. The molecule has 2 saturated heterocycles. The number of anilines is 2. The fraction of sp³-hybridized carbons (Fsp3) is 0.355. The number of amides is 1. The van der Waals surface area contributed by atoms with Gasteiger partial charge < -0.3 is 14.4 Å². The molecule has 0 radical (unpaired) electrons. The van der Waals surface area contributed by atoms with Gasteiger partial charge in [0.1, 0.15) is 5.82 Å². The van der Waals surface area contributed by atoms with Crippen LogP contribution in [0.5, 0.6) is 0 Å². The maximum Gasteiger partial charge on any atom is 0.330 e. The third kappa shape index (κ3) is 6.70. The van der Waals surface area contributed by atoms with E-state index in [0.29, 0.717) is 38.4 Å². The minimum atomic E-state index is -0.444. The Kier molecular flexibility index (Phi) is 8.63. The van der Waals surface area contributed by atoms with E-state index >= 15 is 0 Å².